The maximum absolute atomic E-state index is 12.0. The Morgan fingerprint density at radius 1 is 1.08 bits per heavy atom. The van der Waals surface area contributed by atoms with Crippen LogP contribution in [0.15, 0.2) is 53.9 Å². The molecule has 0 fully saturated rings. The number of nitrogens with one attached hydrogen (secondary N) is 1. The highest BCUT2D eigenvalue weighted by molar-refractivity contribution is 7.14. The van der Waals surface area contributed by atoms with E-state index in [-0.39, 0.29) is 12.5 Å². The lowest BCUT2D eigenvalue weighted by Crippen LogP contribution is -2.20. The number of aryl methyl sites for hydroxylation is 1. The van der Waals surface area contributed by atoms with Gasteiger partial charge in [-0.3, -0.25) is 10.1 Å². The second-order valence-corrected chi connectivity index (χ2v) is 6.27. The van der Waals surface area contributed by atoms with Crippen LogP contribution in [0.5, 0.6) is 11.5 Å². The molecule has 0 spiro atoms. The van der Waals surface area contributed by atoms with Gasteiger partial charge in [0, 0.05) is 10.9 Å². The number of hydrogen-bond donors (Lipinski definition) is 1. The minimum absolute atomic E-state index is 0.0776. The van der Waals surface area contributed by atoms with Crippen LogP contribution in [0, 0.1) is 6.92 Å². The Balaban J connectivity index is 1.55. The molecule has 0 aliphatic heterocycles. The summed E-state index contributed by atoms with van der Waals surface area (Å²) in [6, 6.07) is 15.2. The first kappa shape index (κ1) is 17.0. The van der Waals surface area contributed by atoms with Crippen molar-refractivity contribution in [3.05, 3.63) is 59.5 Å². The van der Waals surface area contributed by atoms with Gasteiger partial charge in [-0.25, -0.2) is 4.98 Å². The van der Waals surface area contributed by atoms with E-state index in [0.717, 1.165) is 17.0 Å². The van der Waals surface area contributed by atoms with Crippen molar-refractivity contribution in [1.82, 2.24) is 4.98 Å². The molecule has 6 heteroatoms. The molecule has 1 aromatic heterocycles. The van der Waals surface area contributed by atoms with Gasteiger partial charge >= 0.3 is 0 Å². The van der Waals surface area contributed by atoms with E-state index in [2.05, 4.69) is 10.3 Å². The van der Waals surface area contributed by atoms with Crippen LogP contribution < -0.4 is 14.8 Å². The van der Waals surface area contributed by atoms with Crippen molar-refractivity contribution < 1.29 is 14.3 Å². The Hall–Kier alpha value is -2.86. The highest BCUT2D eigenvalue weighted by Gasteiger charge is 2.09. The number of anilines is 1. The fraction of sp³-hybridized carbons (Fsp3) is 0.158. The first-order valence-electron chi connectivity index (χ1n) is 7.73. The Bertz CT molecular complexity index is 842. The Labute approximate surface area is 150 Å². The van der Waals surface area contributed by atoms with Gasteiger partial charge in [-0.05, 0) is 31.2 Å². The zero-order valence-electron chi connectivity index (χ0n) is 14.0. The summed E-state index contributed by atoms with van der Waals surface area (Å²) >= 11 is 1.39. The smallest absolute Gasteiger partial charge is 0.264 e. The number of benzene rings is 2. The monoisotopic (exact) mass is 354 g/mol. The van der Waals surface area contributed by atoms with Crippen LogP contribution in [0.4, 0.5) is 5.13 Å². The van der Waals surface area contributed by atoms with E-state index in [1.54, 1.807) is 31.4 Å². The van der Waals surface area contributed by atoms with Crippen molar-refractivity contribution in [2.45, 2.75) is 6.92 Å². The van der Waals surface area contributed by atoms with E-state index in [9.17, 15) is 4.79 Å². The molecule has 0 aliphatic rings. The van der Waals surface area contributed by atoms with Crippen molar-refractivity contribution in [3.8, 4) is 22.8 Å². The minimum atomic E-state index is -0.249. The van der Waals surface area contributed by atoms with Crippen LogP contribution in [0.1, 0.15) is 5.56 Å². The number of carbonyl (C=O) groups is 1. The molecule has 0 bridgehead atoms. The summed E-state index contributed by atoms with van der Waals surface area (Å²) in [5.41, 5.74) is 3.07. The summed E-state index contributed by atoms with van der Waals surface area (Å²) in [5, 5.41) is 5.23. The molecule has 128 valence electrons. The normalized spacial score (nSPS) is 10.3. The molecule has 0 aliphatic carbocycles. The topological polar surface area (TPSA) is 60.5 Å². The first-order valence-corrected chi connectivity index (χ1v) is 8.61. The van der Waals surface area contributed by atoms with Gasteiger partial charge < -0.3 is 9.47 Å². The molecule has 0 saturated carbocycles. The molecule has 1 amide bonds. The van der Waals surface area contributed by atoms with Crippen LogP contribution in [0.3, 0.4) is 0 Å². The van der Waals surface area contributed by atoms with Gasteiger partial charge in [0.05, 0.1) is 12.8 Å². The molecule has 1 heterocycles. The average Bonchev–Trinajstić information content (AvgIpc) is 3.09. The molecule has 25 heavy (non-hydrogen) atoms. The summed E-state index contributed by atoms with van der Waals surface area (Å²) < 4.78 is 10.5. The van der Waals surface area contributed by atoms with E-state index in [1.165, 1.54) is 16.9 Å². The summed E-state index contributed by atoms with van der Waals surface area (Å²) in [5.74, 6) is 1.10. The molecule has 2 aromatic carbocycles. The number of nitrogens with zero attached hydrogens (tertiary/aromatic N) is 1. The number of thiazole rings is 1. The molecule has 3 aromatic rings. The number of aromatic nitrogens is 1. The fourth-order valence-corrected chi connectivity index (χ4v) is 2.90. The lowest BCUT2D eigenvalue weighted by molar-refractivity contribution is -0.118. The second kappa shape index (κ2) is 7.81. The average molecular weight is 354 g/mol. The number of methoxy groups -OCH3 is 1. The molecule has 0 unspecified atom stereocenters. The molecular formula is C19H18N2O3S. The van der Waals surface area contributed by atoms with Crippen molar-refractivity contribution in [1.29, 1.82) is 0 Å². The van der Waals surface area contributed by atoms with Crippen molar-refractivity contribution in [2.75, 3.05) is 19.0 Å². The molecule has 1 N–H and O–H groups in total. The zero-order chi connectivity index (χ0) is 17.6. The summed E-state index contributed by atoms with van der Waals surface area (Å²) in [7, 11) is 1.60. The molecule has 0 radical (unpaired) electrons. The largest absolute Gasteiger partial charge is 0.497 e. The number of rotatable bonds is 6. The van der Waals surface area contributed by atoms with Gasteiger partial charge in [-0.2, -0.15) is 0 Å². The van der Waals surface area contributed by atoms with Crippen LogP contribution in [-0.4, -0.2) is 24.6 Å². The third-order valence-electron chi connectivity index (χ3n) is 3.53. The van der Waals surface area contributed by atoms with Crippen LogP contribution in [0.2, 0.25) is 0 Å². The van der Waals surface area contributed by atoms with Gasteiger partial charge in [-0.1, -0.05) is 29.8 Å². The van der Waals surface area contributed by atoms with Gasteiger partial charge in [0.2, 0.25) is 0 Å². The standard InChI is InChI=1S/C19H18N2O3S/c1-13-3-5-14(6-4-13)17-12-25-19(20-17)21-18(22)11-24-16-9-7-15(23-2)8-10-16/h3-10,12H,11H2,1-2H3,(H,20,21,22). The van der Waals surface area contributed by atoms with E-state index in [4.69, 9.17) is 9.47 Å². The maximum Gasteiger partial charge on any atom is 0.264 e. The van der Waals surface area contributed by atoms with Gasteiger partial charge in [0.1, 0.15) is 11.5 Å². The van der Waals surface area contributed by atoms with Crippen molar-refractivity contribution >= 4 is 22.4 Å². The van der Waals surface area contributed by atoms with Crippen LogP contribution in [0.25, 0.3) is 11.3 Å². The summed E-state index contributed by atoms with van der Waals surface area (Å²) in [4.78, 5) is 16.4. The molecule has 0 saturated heterocycles. The lowest BCUT2D eigenvalue weighted by Gasteiger charge is -2.06. The van der Waals surface area contributed by atoms with Gasteiger partial charge in [-0.15, -0.1) is 11.3 Å². The quantitative estimate of drug-likeness (QED) is 0.722. The number of hydrogen-bond acceptors (Lipinski definition) is 5. The lowest BCUT2D eigenvalue weighted by atomic mass is 10.1. The highest BCUT2D eigenvalue weighted by atomic mass is 32.1. The van der Waals surface area contributed by atoms with E-state index in [1.807, 2.05) is 36.6 Å². The number of carbonyl (C=O) groups excluding carboxylic acids is 1. The Morgan fingerprint density at radius 3 is 2.44 bits per heavy atom. The second-order valence-electron chi connectivity index (χ2n) is 5.42. The number of ether oxygens (including phenoxy) is 2. The highest BCUT2D eigenvalue weighted by Crippen LogP contribution is 2.25. The predicted octanol–water partition coefficient (Wildman–Crippen LogP) is 4.14. The molecule has 3 rings (SSSR count). The van der Waals surface area contributed by atoms with Crippen LogP contribution >= 0.6 is 11.3 Å². The van der Waals surface area contributed by atoms with Crippen LogP contribution in [-0.2, 0) is 4.79 Å². The fourth-order valence-electron chi connectivity index (χ4n) is 2.16. The van der Waals surface area contributed by atoms with Gasteiger partial charge in [0.25, 0.3) is 5.91 Å². The number of amides is 1. The zero-order valence-corrected chi connectivity index (χ0v) is 14.8. The first-order chi connectivity index (χ1) is 12.1. The predicted molar refractivity (Wildman–Crippen MR) is 99.4 cm³/mol. The summed E-state index contributed by atoms with van der Waals surface area (Å²) in [6.45, 7) is 1.96. The van der Waals surface area contributed by atoms with E-state index >= 15 is 0 Å². The molecular weight excluding hydrogens is 336 g/mol. The SMILES string of the molecule is COc1ccc(OCC(=O)Nc2nc(-c3ccc(C)cc3)cs2)cc1. The Kier molecular flexibility index (Phi) is 5.30. The van der Waals surface area contributed by atoms with Gasteiger partial charge in [0.15, 0.2) is 11.7 Å². The molecule has 5 nitrogen and oxygen atoms in total. The maximum atomic E-state index is 12.0. The molecule has 0 atom stereocenters. The third kappa shape index (κ3) is 4.58. The Morgan fingerprint density at radius 2 is 1.76 bits per heavy atom. The summed E-state index contributed by atoms with van der Waals surface area (Å²) in [6.07, 6.45) is 0. The van der Waals surface area contributed by atoms with E-state index < -0.39 is 0 Å². The van der Waals surface area contributed by atoms with E-state index in [0.29, 0.717) is 10.9 Å². The van der Waals surface area contributed by atoms with Crippen molar-refractivity contribution in [2.24, 2.45) is 0 Å². The van der Waals surface area contributed by atoms with Crippen molar-refractivity contribution in [3.63, 3.8) is 0 Å². The minimum Gasteiger partial charge on any atom is -0.497 e. The third-order valence-corrected chi connectivity index (χ3v) is 4.28.